The average Bonchev–Trinajstić information content (AvgIpc) is 2.61. The molecule has 4 nitrogen and oxygen atoms in total. The van der Waals surface area contributed by atoms with Crippen molar-refractivity contribution in [3.8, 4) is 5.75 Å². The van der Waals surface area contributed by atoms with Crippen molar-refractivity contribution < 1.29 is 9.53 Å². The molecule has 1 heterocycles. The van der Waals surface area contributed by atoms with Gasteiger partial charge in [-0.05, 0) is 26.7 Å². The minimum Gasteiger partial charge on any atom is -0.486 e. The second-order valence-corrected chi connectivity index (χ2v) is 7.08. The van der Waals surface area contributed by atoms with E-state index in [-0.39, 0.29) is 11.9 Å². The van der Waals surface area contributed by atoms with Gasteiger partial charge in [-0.3, -0.25) is 4.79 Å². The van der Waals surface area contributed by atoms with Crippen LogP contribution in [0.4, 0.5) is 10.7 Å². The Morgan fingerprint density at radius 1 is 1.29 bits per heavy atom. The first-order chi connectivity index (χ1) is 9.99. The third kappa shape index (κ3) is 4.13. The van der Waals surface area contributed by atoms with Gasteiger partial charge in [0, 0.05) is 13.0 Å². The Labute approximate surface area is 131 Å². The van der Waals surface area contributed by atoms with E-state index < -0.39 is 0 Å². The summed E-state index contributed by atoms with van der Waals surface area (Å²) < 4.78 is 5.85. The summed E-state index contributed by atoms with van der Waals surface area (Å²) in [6.45, 7) is 5.50. The zero-order valence-electron chi connectivity index (χ0n) is 13.2. The molecule has 0 spiro atoms. The highest BCUT2D eigenvalue weighted by molar-refractivity contribution is 7.19. The molecule has 1 aliphatic rings. The van der Waals surface area contributed by atoms with Crippen LogP contribution in [0.3, 0.4) is 0 Å². The van der Waals surface area contributed by atoms with Crippen LogP contribution < -0.4 is 15.8 Å². The Kier molecular flexibility index (Phi) is 5.51. The van der Waals surface area contributed by atoms with Crippen LogP contribution in [0.2, 0.25) is 0 Å². The molecule has 118 valence electrons. The predicted octanol–water partition coefficient (Wildman–Crippen LogP) is 4.45. The Balaban J connectivity index is 2.23. The van der Waals surface area contributed by atoms with Gasteiger partial charge in [-0.1, -0.05) is 25.7 Å². The van der Waals surface area contributed by atoms with Gasteiger partial charge in [-0.25, -0.2) is 0 Å². The molecule has 0 saturated heterocycles. The minimum atomic E-state index is 0.0000208. The molecule has 0 unspecified atom stereocenters. The maximum absolute atomic E-state index is 11.7. The largest absolute Gasteiger partial charge is 0.486 e. The number of nitrogen functional groups attached to an aromatic ring is 1. The van der Waals surface area contributed by atoms with Crippen molar-refractivity contribution in [2.75, 3.05) is 11.1 Å². The normalized spacial score (nSPS) is 16.8. The number of ether oxygens (including phenoxy) is 1. The lowest BCUT2D eigenvalue weighted by molar-refractivity contribution is 0.102. The van der Waals surface area contributed by atoms with Crippen LogP contribution in [-0.4, -0.2) is 17.9 Å². The highest BCUT2D eigenvalue weighted by Crippen LogP contribution is 2.44. The van der Waals surface area contributed by atoms with Gasteiger partial charge in [-0.15, -0.1) is 11.3 Å². The van der Waals surface area contributed by atoms with Gasteiger partial charge in [-0.2, -0.15) is 0 Å². The molecule has 1 aromatic heterocycles. The van der Waals surface area contributed by atoms with E-state index >= 15 is 0 Å². The van der Waals surface area contributed by atoms with Gasteiger partial charge >= 0.3 is 0 Å². The summed E-state index contributed by atoms with van der Waals surface area (Å²) in [4.78, 5) is 12.3. The molecule has 0 radical (unpaired) electrons. The molecule has 1 aliphatic carbocycles. The van der Waals surface area contributed by atoms with Crippen LogP contribution in [0.5, 0.6) is 5.75 Å². The van der Waals surface area contributed by atoms with Gasteiger partial charge in [0.25, 0.3) is 0 Å². The lowest BCUT2D eigenvalue weighted by Gasteiger charge is -2.18. The lowest BCUT2D eigenvalue weighted by atomic mass is 10.1. The fraction of sp³-hybridized carbons (Fsp3) is 0.688. The number of hydrogen-bond donors (Lipinski definition) is 2. The molecule has 0 atom stereocenters. The fourth-order valence-electron chi connectivity index (χ4n) is 2.75. The van der Waals surface area contributed by atoms with Crippen molar-refractivity contribution in [3.05, 3.63) is 4.88 Å². The zero-order chi connectivity index (χ0) is 15.4. The summed E-state index contributed by atoms with van der Waals surface area (Å²) in [7, 11) is 0. The third-order valence-corrected chi connectivity index (χ3v) is 4.98. The molecule has 1 saturated carbocycles. The SMILES string of the molecule is CC(=O)c1sc(NC2CCCCCC2)c(OC(C)C)c1N. The molecule has 5 heteroatoms. The molecular weight excluding hydrogens is 284 g/mol. The first-order valence-electron chi connectivity index (χ1n) is 7.85. The number of nitrogens with one attached hydrogen (secondary N) is 1. The second-order valence-electron chi connectivity index (χ2n) is 6.06. The minimum absolute atomic E-state index is 0.0000208. The van der Waals surface area contributed by atoms with Crippen molar-refractivity contribution in [1.29, 1.82) is 0 Å². The van der Waals surface area contributed by atoms with Gasteiger partial charge in [0.1, 0.15) is 5.00 Å². The lowest BCUT2D eigenvalue weighted by Crippen LogP contribution is -2.18. The maximum Gasteiger partial charge on any atom is 0.177 e. The summed E-state index contributed by atoms with van der Waals surface area (Å²) in [5, 5.41) is 4.49. The van der Waals surface area contributed by atoms with Gasteiger partial charge in [0.15, 0.2) is 11.5 Å². The number of hydrogen-bond acceptors (Lipinski definition) is 5. The van der Waals surface area contributed by atoms with E-state index in [1.54, 1.807) is 6.92 Å². The maximum atomic E-state index is 11.7. The monoisotopic (exact) mass is 310 g/mol. The molecule has 0 aromatic carbocycles. The highest BCUT2D eigenvalue weighted by atomic mass is 32.1. The summed E-state index contributed by atoms with van der Waals surface area (Å²) in [6, 6.07) is 0.458. The van der Waals surface area contributed by atoms with Crippen molar-refractivity contribution in [2.24, 2.45) is 0 Å². The number of nitrogens with two attached hydrogens (primary N) is 1. The number of anilines is 2. The van der Waals surface area contributed by atoms with Crippen molar-refractivity contribution in [2.45, 2.75) is 71.4 Å². The zero-order valence-corrected chi connectivity index (χ0v) is 14.0. The average molecular weight is 310 g/mol. The molecule has 3 N–H and O–H groups in total. The number of thiophene rings is 1. The van der Waals surface area contributed by atoms with E-state index in [2.05, 4.69) is 5.32 Å². The van der Waals surface area contributed by atoms with E-state index in [1.807, 2.05) is 13.8 Å². The summed E-state index contributed by atoms with van der Waals surface area (Å²) in [5.74, 6) is 0.657. The van der Waals surface area contributed by atoms with Crippen molar-refractivity contribution in [3.63, 3.8) is 0 Å². The Hall–Kier alpha value is -1.23. The quantitative estimate of drug-likeness (QED) is 0.623. The topological polar surface area (TPSA) is 64.3 Å². The van der Waals surface area contributed by atoms with Crippen LogP contribution >= 0.6 is 11.3 Å². The summed E-state index contributed by atoms with van der Waals surface area (Å²) in [6.07, 6.45) is 7.55. The number of carbonyl (C=O) groups excluding carboxylic acids is 1. The number of ketones is 1. The smallest absolute Gasteiger partial charge is 0.177 e. The second kappa shape index (κ2) is 7.16. The standard InChI is InChI=1S/C16H26N2O2S/c1-10(2)20-14-13(17)15(11(3)19)21-16(14)18-12-8-6-4-5-7-9-12/h10,12,18H,4-9,17H2,1-3H3. The molecule has 2 rings (SSSR count). The molecular formula is C16H26N2O2S. The molecule has 21 heavy (non-hydrogen) atoms. The molecule has 0 aliphatic heterocycles. The van der Waals surface area contributed by atoms with Gasteiger partial charge < -0.3 is 15.8 Å². The van der Waals surface area contributed by atoms with E-state index in [0.717, 1.165) is 5.00 Å². The highest BCUT2D eigenvalue weighted by Gasteiger charge is 2.23. The first kappa shape index (κ1) is 16.1. The van der Waals surface area contributed by atoms with E-state index in [0.29, 0.717) is 22.4 Å². The fourth-order valence-corrected chi connectivity index (χ4v) is 3.77. The van der Waals surface area contributed by atoms with Crippen LogP contribution in [0.25, 0.3) is 0 Å². The summed E-state index contributed by atoms with van der Waals surface area (Å²) in [5.41, 5.74) is 6.60. The number of carbonyl (C=O) groups is 1. The predicted molar refractivity (Wildman–Crippen MR) is 89.6 cm³/mol. The van der Waals surface area contributed by atoms with Crippen LogP contribution in [0.15, 0.2) is 0 Å². The Bertz CT molecular complexity index is 489. The van der Waals surface area contributed by atoms with Crippen LogP contribution in [0.1, 0.15) is 69.0 Å². The van der Waals surface area contributed by atoms with Gasteiger partial charge in [0.2, 0.25) is 0 Å². The van der Waals surface area contributed by atoms with Crippen molar-refractivity contribution in [1.82, 2.24) is 0 Å². The molecule has 1 aromatic rings. The summed E-state index contributed by atoms with van der Waals surface area (Å²) >= 11 is 1.43. The first-order valence-corrected chi connectivity index (χ1v) is 8.67. The van der Waals surface area contributed by atoms with Crippen LogP contribution in [0, 0.1) is 0 Å². The van der Waals surface area contributed by atoms with Crippen LogP contribution in [-0.2, 0) is 0 Å². The third-order valence-electron chi connectivity index (χ3n) is 3.76. The van der Waals surface area contributed by atoms with E-state index in [9.17, 15) is 4.79 Å². The molecule has 0 bridgehead atoms. The molecule has 1 fully saturated rings. The van der Waals surface area contributed by atoms with Gasteiger partial charge in [0.05, 0.1) is 16.7 Å². The molecule has 0 amide bonds. The van der Waals surface area contributed by atoms with Crippen molar-refractivity contribution >= 4 is 27.8 Å². The number of rotatable bonds is 5. The van der Waals surface area contributed by atoms with E-state index in [1.165, 1.54) is 49.9 Å². The van der Waals surface area contributed by atoms with E-state index in [4.69, 9.17) is 10.5 Å². The Morgan fingerprint density at radius 3 is 2.43 bits per heavy atom. The Morgan fingerprint density at radius 2 is 1.90 bits per heavy atom. The number of Topliss-reactive ketones (excluding diaryl/α,β-unsaturated/α-hetero) is 1.